The van der Waals surface area contributed by atoms with E-state index in [9.17, 15) is 9.59 Å². The van der Waals surface area contributed by atoms with Crippen molar-refractivity contribution in [3.63, 3.8) is 0 Å². The van der Waals surface area contributed by atoms with Gasteiger partial charge in [-0.25, -0.2) is 0 Å². The largest absolute Gasteiger partial charge is 0.484 e. The summed E-state index contributed by atoms with van der Waals surface area (Å²) in [7, 11) is 0. The highest BCUT2D eigenvalue weighted by atomic mass is 16.5. The maximum Gasteiger partial charge on any atom is 0.260 e. The first-order valence-electron chi connectivity index (χ1n) is 10.1. The number of hydrogen-bond acceptors (Lipinski definition) is 3. The van der Waals surface area contributed by atoms with E-state index in [4.69, 9.17) is 4.74 Å². The lowest BCUT2D eigenvalue weighted by Gasteiger charge is -2.34. The molecule has 2 aromatic carbocycles. The average Bonchev–Trinajstić information content (AvgIpc) is 2.71. The number of rotatable bonds is 4. The Morgan fingerprint density at radius 3 is 2.14 bits per heavy atom. The van der Waals surface area contributed by atoms with Crippen LogP contribution in [0.4, 0.5) is 0 Å². The molecule has 154 valence electrons. The minimum atomic E-state index is -0.0480. The molecule has 2 amide bonds. The summed E-state index contributed by atoms with van der Waals surface area (Å²) in [5.74, 6) is 0.674. The average molecular weight is 395 g/mol. The lowest BCUT2D eigenvalue weighted by atomic mass is 9.86. The predicted molar refractivity (Wildman–Crippen MR) is 114 cm³/mol. The number of piperazine rings is 1. The molecule has 0 aromatic heterocycles. The fourth-order valence-corrected chi connectivity index (χ4v) is 3.40. The third-order valence-corrected chi connectivity index (χ3v) is 5.27. The molecule has 5 nitrogen and oxygen atoms in total. The molecule has 1 fully saturated rings. The van der Waals surface area contributed by atoms with Gasteiger partial charge in [0.15, 0.2) is 6.61 Å². The van der Waals surface area contributed by atoms with Crippen LogP contribution in [-0.4, -0.2) is 54.4 Å². The van der Waals surface area contributed by atoms with Crippen LogP contribution in [-0.2, 0) is 10.2 Å². The lowest BCUT2D eigenvalue weighted by molar-refractivity contribution is -0.134. The summed E-state index contributed by atoms with van der Waals surface area (Å²) in [5, 5.41) is 0. The van der Waals surface area contributed by atoms with Crippen LogP contribution >= 0.6 is 0 Å². The van der Waals surface area contributed by atoms with Gasteiger partial charge in [0, 0.05) is 31.7 Å². The molecular formula is C24H30N2O3. The number of ether oxygens (including phenoxy) is 1. The van der Waals surface area contributed by atoms with Crippen LogP contribution < -0.4 is 4.74 Å². The van der Waals surface area contributed by atoms with Crippen molar-refractivity contribution in [3.05, 3.63) is 65.2 Å². The molecule has 1 aliphatic rings. The molecule has 3 rings (SSSR count). The first kappa shape index (κ1) is 20.9. The molecule has 0 saturated carbocycles. The summed E-state index contributed by atoms with van der Waals surface area (Å²) in [6.07, 6.45) is 0. The number of carbonyl (C=O) groups excluding carboxylic acids is 2. The van der Waals surface area contributed by atoms with Crippen molar-refractivity contribution in [3.8, 4) is 5.75 Å². The second-order valence-electron chi connectivity index (χ2n) is 8.61. The minimum Gasteiger partial charge on any atom is -0.484 e. The Bertz CT molecular complexity index is 860. The highest BCUT2D eigenvalue weighted by molar-refractivity contribution is 5.94. The zero-order valence-corrected chi connectivity index (χ0v) is 17.8. The van der Waals surface area contributed by atoms with Crippen LogP contribution in [0.5, 0.6) is 5.75 Å². The van der Waals surface area contributed by atoms with E-state index in [1.165, 1.54) is 5.56 Å². The van der Waals surface area contributed by atoms with Crippen LogP contribution in [0.25, 0.3) is 0 Å². The molecule has 1 saturated heterocycles. The van der Waals surface area contributed by atoms with Crippen LogP contribution in [0.3, 0.4) is 0 Å². The zero-order valence-electron chi connectivity index (χ0n) is 17.8. The SMILES string of the molecule is Cc1cccc(OCC(=O)N2CCN(C(=O)c3ccc(C(C)(C)C)cc3)CC2)c1. The second kappa shape index (κ2) is 8.68. The Kier molecular flexibility index (Phi) is 6.26. The lowest BCUT2D eigenvalue weighted by Crippen LogP contribution is -2.51. The van der Waals surface area contributed by atoms with Crippen molar-refractivity contribution in [2.75, 3.05) is 32.8 Å². The molecule has 1 aliphatic heterocycles. The smallest absolute Gasteiger partial charge is 0.260 e. The van der Waals surface area contributed by atoms with Gasteiger partial charge in [0.05, 0.1) is 0 Å². The number of carbonyl (C=O) groups is 2. The molecule has 0 radical (unpaired) electrons. The highest BCUT2D eigenvalue weighted by Crippen LogP contribution is 2.22. The molecule has 0 aliphatic carbocycles. The molecule has 0 atom stereocenters. The topological polar surface area (TPSA) is 49.9 Å². The fraction of sp³-hybridized carbons (Fsp3) is 0.417. The first-order valence-corrected chi connectivity index (χ1v) is 10.1. The fourth-order valence-electron chi connectivity index (χ4n) is 3.40. The van der Waals surface area contributed by atoms with Gasteiger partial charge in [-0.2, -0.15) is 0 Å². The molecule has 0 unspecified atom stereocenters. The van der Waals surface area contributed by atoms with Crippen LogP contribution in [0.1, 0.15) is 42.3 Å². The van der Waals surface area contributed by atoms with Crippen molar-refractivity contribution in [1.29, 1.82) is 0 Å². The summed E-state index contributed by atoms with van der Waals surface area (Å²) in [5.41, 5.74) is 3.06. The molecule has 0 N–H and O–H groups in total. The number of nitrogens with zero attached hydrogens (tertiary/aromatic N) is 2. The van der Waals surface area contributed by atoms with E-state index in [2.05, 4.69) is 20.8 Å². The minimum absolute atomic E-state index is 0.0195. The molecule has 0 bridgehead atoms. The number of benzene rings is 2. The van der Waals surface area contributed by atoms with Gasteiger partial charge in [0.25, 0.3) is 11.8 Å². The monoisotopic (exact) mass is 394 g/mol. The van der Waals surface area contributed by atoms with E-state index in [1.54, 1.807) is 4.90 Å². The van der Waals surface area contributed by atoms with Crippen molar-refractivity contribution >= 4 is 11.8 Å². The maximum absolute atomic E-state index is 12.8. The predicted octanol–water partition coefficient (Wildman–Crippen LogP) is 3.66. The summed E-state index contributed by atoms with van der Waals surface area (Å²) in [4.78, 5) is 28.8. The van der Waals surface area contributed by atoms with Crippen LogP contribution in [0.2, 0.25) is 0 Å². The highest BCUT2D eigenvalue weighted by Gasteiger charge is 2.25. The van der Waals surface area contributed by atoms with Crippen LogP contribution in [0, 0.1) is 6.92 Å². The Hall–Kier alpha value is -2.82. The Labute approximate surface area is 173 Å². The number of amides is 2. The van der Waals surface area contributed by atoms with Gasteiger partial charge in [0.1, 0.15) is 5.75 Å². The Morgan fingerprint density at radius 2 is 1.55 bits per heavy atom. The van der Waals surface area contributed by atoms with Gasteiger partial charge in [-0.15, -0.1) is 0 Å². The standard InChI is InChI=1S/C24H30N2O3/c1-18-6-5-7-21(16-18)29-17-22(27)25-12-14-26(15-13-25)23(28)19-8-10-20(11-9-19)24(2,3)4/h5-11,16H,12-15,17H2,1-4H3. The summed E-state index contributed by atoms with van der Waals surface area (Å²) >= 11 is 0. The van der Waals surface area contributed by atoms with Gasteiger partial charge in [-0.3, -0.25) is 9.59 Å². The Morgan fingerprint density at radius 1 is 0.931 bits per heavy atom. The summed E-state index contributed by atoms with van der Waals surface area (Å²) in [6.45, 7) is 10.6. The summed E-state index contributed by atoms with van der Waals surface area (Å²) < 4.78 is 5.61. The Balaban J connectivity index is 1.50. The van der Waals surface area contributed by atoms with Crippen molar-refractivity contribution < 1.29 is 14.3 Å². The van der Waals surface area contributed by atoms with Crippen molar-refractivity contribution in [1.82, 2.24) is 9.80 Å². The van der Waals surface area contributed by atoms with Crippen LogP contribution in [0.15, 0.2) is 48.5 Å². The molecule has 5 heteroatoms. The molecule has 0 spiro atoms. The first-order chi connectivity index (χ1) is 13.7. The molecule has 29 heavy (non-hydrogen) atoms. The van der Waals surface area contributed by atoms with E-state index in [0.717, 1.165) is 5.56 Å². The second-order valence-corrected chi connectivity index (χ2v) is 8.61. The van der Waals surface area contributed by atoms with E-state index in [0.29, 0.717) is 37.5 Å². The normalized spacial score (nSPS) is 14.6. The van der Waals surface area contributed by atoms with Gasteiger partial charge in [0.2, 0.25) is 0 Å². The van der Waals surface area contributed by atoms with Gasteiger partial charge >= 0.3 is 0 Å². The molecule has 1 heterocycles. The van der Waals surface area contributed by atoms with Gasteiger partial charge in [-0.1, -0.05) is 45.0 Å². The number of hydrogen-bond donors (Lipinski definition) is 0. The zero-order chi connectivity index (χ0) is 21.0. The quantitative estimate of drug-likeness (QED) is 0.795. The maximum atomic E-state index is 12.8. The third-order valence-electron chi connectivity index (χ3n) is 5.27. The van der Waals surface area contributed by atoms with Gasteiger partial charge in [-0.05, 0) is 47.7 Å². The van der Waals surface area contributed by atoms with Crippen molar-refractivity contribution in [2.24, 2.45) is 0 Å². The summed E-state index contributed by atoms with van der Waals surface area (Å²) in [6, 6.07) is 15.5. The van der Waals surface area contributed by atoms with E-state index < -0.39 is 0 Å². The molecular weight excluding hydrogens is 364 g/mol. The van der Waals surface area contributed by atoms with E-state index >= 15 is 0 Å². The third kappa shape index (κ3) is 5.37. The van der Waals surface area contributed by atoms with Crippen molar-refractivity contribution in [2.45, 2.75) is 33.1 Å². The van der Waals surface area contributed by atoms with Gasteiger partial charge < -0.3 is 14.5 Å². The van der Waals surface area contributed by atoms with E-state index in [-0.39, 0.29) is 23.8 Å². The van der Waals surface area contributed by atoms with E-state index in [1.807, 2.05) is 60.4 Å². The number of aryl methyl sites for hydroxylation is 1. The molecule has 2 aromatic rings.